The van der Waals surface area contributed by atoms with Crippen LogP contribution in [0.3, 0.4) is 0 Å². The lowest BCUT2D eigenvalue weighted by atomic mass is 10.1. The van der Waals surface area contributed by atoms with Crippen LogP contribution < -0.4 is 5.32 Å². The van der Waals surface area contributed by atoms with Crippen molar-refractivity contribution < 1.29 is 23.9 Å². The van der Waals surface area contributed by atoms with E-state index in [2.05, 4.69) is 5.32 Å². The summed E-state index contributed by atoms with van der Waals surface area (Å²) in [6.45, 7) is 15.9. The van der Waals surface area contributed by atoms with Crippen LogP contribution in [-0.2, 0) is 25.7 Å². The van der Waals surface area contributed by atoms with Crippen molar-refractivity contribution in [2.45, 2.75) is 92.5 Å². The third-order valence-electron chi connectivity index (χ3n) is 4.12. The summed E-state index contributed by atoms with van der Waals surface area (Å²) in [5.74, 6) is -0.226. The molecule has 0 saturated carbocycles. The zero-order chi connectivity index (χ0) is 25.2. The summed E-state index contributed by atoms with van der Waals surface area (Å²) in [6, 6.07) is 9.01. The van der Waals surface area contributed by atoms with Crippen molar-refractivity contribution in [3.05, 3.63) is 35.9 Å². The summed E-state index contributed by atoms with van der Waals surface area (Å²) < 4.78 is 10.3. The minimum atomic E-state index is -0.524. The Labute approximate surface area is 194 Å². The summed E-state index contributed by atoms with van der Waals surface area (Å²) in [5.41, 5.74) is 0.480. The average Bonchev–Trinajstić information content (AvgIpc) is 2.78. The molecule has 0 bridgehead atoms. The van der Waals surface area contributed by atoms with Gasteiger partial charge in [-0.15, -0.1) is 0 Å². The molecule has 0 spiro atoms. The number of hydrogen-bond donors (Lipinski definition) is 1. The molecule has 7 nitrogen and oxygen atoms in total. The molecular weight excluding hydrogens is 408 g/mol. The molecule has 2 unspecified atom stereocenters. The Hall–Kier alpha value is -2.41. The Morgan fingerprint density at radius 3 is 2.09 bits per heavy atom. The van der Waals surface area contributed by atoms with Crippen LogP contribution >= 0.6 is 0 Å². The molecule has 7 heteroatoms. The van der Waals surface area contributed by atoms with Gasteiger partial charge >= 0.3 is 12.1 Å². The molecule has 0 aliphatic rings. The van der Waals surface area contributed by atoms with Gasteiger partial charge in [0.25, 0.3) is 0 Å². The van der Waals surface area contributed by atoms with Gasteiger partial charge in [-0.05, 0) is 53.7 Å². The van der Waals surface area contributed by atoms with E-state index in [4.69, 9.17) is 9.47 Å². The van der Waals surface area contributed by atoms with Gasteiger partial charge in [-0.2, -0.15) is 0 Å². The van der Waals surface area contributed by atoms with Gasteiger partial charge in [0.05, 0.1) is 6.04 Å². The highest BCUT2D eigenvalue weighted by Crippen LogP contribution is 2.13. The number of nitrogens with one attached hydrogen (secondary N) is 1. The van der Waals surface area contributed by atoms with Crippen molar-refractivity contribution >= 4 is 18.3 Å². The molecule has 1 aromatic carbocycles. The van der Waals surface area contributed by atoms with E-state index in [9.17, 15) is 14.4 Å². The van der Waals surface area contributed by atoms with Crippen LogP contribution in [0.5, 0.6) is 0 Å². The van der Waals surface area contributed by atoms with Crippen LogP contribution in [0.4, 0.5) is 4.79 Å². The second-order valence-electron chi connectivity index (χ2n) is 7.86. The molecule has 1 aromatic rings. The molecule has 0 aliphatic heterocycles. The van der Waals surface area contributed by atoms with E-state index in [1.54, 1.807) is 14.0 Å². The first kappa shape index (κ1) is 31.8. The predicted molar refractivity (Wildman–Crippen MR) is 129 cm³/mol. The van der Waals surface area contributed by atoms with E-state index in [-0.39, 0.29) is 18.1 Å². The Bertz CT molecular complexity index is 629. The highest BCUT2D eigenvalue weighted by atomic mass is 16.6. The maximum atomic E-state index is 11.8. The first-order valence-corrected chi connectivity index (χ1v) is 11.4. The Balaban J connectivity index is 0. The number of carbonyl (C=O) groups is 3. The van der Waals surface area contributed by atoms with Crippen molar-refractivity contribution in [2.75, 3.05) is 13.6 Å². The fourth-order valence-corrected chi connectivity index (χ4v) is 2.38. The average molecular weight is 453 g/mol. The van der Waals surface area contributed by atoms with E-state index in [1.165, 1.54) is 4.90 Å². The highest BCUT2D eigenvalue weighted by Gasteiger charge is 2.26. The lowest BCUT2D eigenvalue weighted by Crippen LogP contribution is -2.44. The Kier molecular flexibility index (Phi) is 18.1. The van der Waals surface area contributed by atoms with E-state index in [0.717, 1.165) is 18.3 Å². The van der Waals surface area contributed by atoms with E-state index < -0.39 is 11.7 Å². The molecule has 0 heterocycles. The number of carbonyl (C=O) groups excluding carboxylic acids is 3. The third-order valence-corrected chi connectivity index (χ3v) is 4.12. The lowest BCUT2D eigenvalue weighted by Gasteiger charge is -2.29. The molecule has 1 N–H and O–H groups in total. The van der Waals surface area contributed by atoms with Gasteiger partial charge < -0.3 is 19.6 Å². The summed E-state index contributed by atoms with van der Waals surface area (Å²) in [5, 5.41) is 2.83. The molecule has 1 rings (SSSR count). The molecule has 2 atom stereocenters. The standard InChI is InChI=1S/C12H23NO3.C11H15NO2.C2H6/c1-6-8-10(9-14)13(7-2)11(15)16-12(3,4)5;1-9(12-2)11(13)14-8-10-6-4-3-5-7-10;1-2/h9-10H,6-8H2,1-5H3;3-7,9,12H,8H2,1-2H3;1-2H3. The maximum absolute atomic E-state index is 11.8. The number of nitrogens with zero attached hydrogens (tertiary/aromatic N) is 1. The monoisotopic (exact) mass is 452 g/mol. The molecule has 0 saturated heterocycles. The maximum Gasteiger partial charge on any atom is 0.410 e. The van der Waals surface area contributed by atoms with Gasteiger partial charge in [-0.1, -0.05) is 57.5 Å². The van der Waals surface area contributed by atoms with Crippen molar-refractivity contribution in [3.63, 3.8) is 0 Å². The summed E-state index contributed by atoms with van der Waals surface area (Å²) in [4.78, 5) is 35.5. The Morgan fingerprint density at radius 2 is 1.69 bits per heavy atom. The molecular formula is C25H44N2O5. The quantitative estimate of drug-likeness (QED) is 0.420. The lowest BCUT2D eigenvalue weighted by molar-refractivity contribution is -0.146. The highest BCUT2D eigenvalue weighted by molar-refractivity contribution is 5.75. The SMILES string of the molecule is CC.CCCC(C=O)N(CC)C(=O)OC(C)(C)C.CNC(C)C(=O)OCc1ccccc1. The topological polar surface area (TPSA) is 84.9 Å². The van der Waals surface area contributed by atoms with Crippen LogP contribution in [0.2, 0.25) is 0 Å². The van der Waals surface area contributed by atoms with Gasteiger partial charge in [0.15, 0.2) is 0 Å². The molecule has 0 aromatic heterocycles. The zero-order valence-corrected chi connectivity index (χ0v) is 21.4. The minimum Gasteiger partial charge on any atom is -0.460 e. The molecule has 0 fully saturated rings. The number of likely N-dealkylation sites (N-methyl/N-ethyl adjacent to an activating group) is 2. The largest absolute Gasteiger partial charge is 0.460 e. The predicted octanol–water partition coefficient (Wildman–Crippen LogP) is 4.97. The van der Waals surface area contributed by atoms with Crippen molar-refractivity contribution in [2.24, 2.45) is 0 Å². The first-order valence-electron chi connectivity index (χ1n) is 11.4. The number of hydrogen-bond acceptors (Lipinski definition) is 6. The number of aldehydes is 1. The molecule has 32 heavy (non-hydrogen) atoms. The second kappa shape index (κ2) is 18.2. The fourth-order valence-electron chi connectivity index (χ4n) is 2.38. The van der Waals surface area contributed by atoms with Gasteiger partial charge in [-0.25, -0.2) is 4.79 Å². The number of amides is 1. The third kappa shape index (κ3) is 14.6. The van der Waals surface area contributed by atoms with Crippen LogP contribution in [0.1, 0.15) is 73.8 Å². The van der Waals surface area contributed by atoms with E-state index in [1.807, 2.05) is 78.8 Å². The minimum absolute atomic E-state index is 0.226. The number of benzene rings is 1. The number of rotatable bonds is 9. The van der Waals surface area contributed by atoms with Crippen LogP contribution in [-0.4, -0.2) is 54.5 Å². The molecule has 184 valence electrons. The van der Waals surface area contributed by atoms with Crippen molar-refractivity contribution in [1.82, 2.24) is 10.2 Å². The Morgan fingerprint density at radius 1 is 1.12 bits per heavy atom. The normalized spacial score (nSPS) is 12.0. The van der Waals surface area contributed by atoms with Crippen LogP contribution in [0.25, 0.3) is 0 Å². The van der Waals surface area contributed by atoms with E-state index >= 15 is 0 Å². The van der Waals surface area contributed by atoms with Gasteiger partial charge in [0, 0.05) is 6.54 Å². The number of ether oxygens (including phenoxy) is 2. The summed E-state index contributed by atoms with van der Waals surface area (Å²) in [7, 11) is 1.73. The van der Waals surface area contributed by atoms with Crippen molar-refractivity contribution in [3.8, 4) is 0 Å². The van der Waals surface area contributed by atoms with Crippen LogP contribution in [0.15, 0.2) is 30.3 Å². The first-order chi connectivity index (χ1) is 15.1. The summed E-state index contributed by atoms with van der Waals surface area (Å²) >= 11 is 0. The fraction of sp³-hybridized carbons (Fsp3) is 0.640. The summed E-state index contributed by atoms with van der Waals surface area (Å²) in [6.07, 6.45) is 1.94. The second-order valence-corrected chi connectivity index (χ2v) is 7.86. The van der Waals surface area contributed by atoms with Crippen molar-refractivity contribution in [1.29, 1.82) is 0 Å². The van der Waals surface area contributed by atoms with Crippen LogP contribution in [0, 0.1) is 0 Å². The molecule has 0 radical (unpaired) electrons. The van der Waals surface area contributed by atoms with Gasteiger partial charge in [-0.3, -0.25) is 9.69 Å². The smallest absolute Gasteiger partial charge is 0.410 e. The zero-order valence-electron chi connectivity index (χ0n) is 21.4. The van der Waals surface area contributed by atoms with Gasteiger partial charge in [0.1, 0.15) is 24.5 Å². The van der Waals surface area contributed by atoms with Gasteiger partial charge in [0.2, 0.25) is 0 Å². The number of esters is 1. The van der Waals surface area contributed by atoms with E-state index in [0.29, 0.717) is 19.6 Å². The molecule has 0 aliphatic carbocycles. The molecule has 1 amide bonds.